The molecule has 1 fully saturated rings. The Morgan fingerprint density at radius 3 is 2.68 bits per heavy atom. The molecule has 0 spiro atoms. The van der Waals surface area contributed by atoms with Crippen molar-refractivity contribution in [2.75, 3.05) is 0 Å². The first-order valence-electron chi connectivity index (χ1n) is 9.20. The van der Waals surface area contributed by atoms with Crippen LogP contribution in [0.15, 0.2) is 30.5 Å². The highest BCUT2D eigenvalue weighted by atomic mass is 16.5. The molecule has 0 unspecified atom stereocenters. The van der Waals surface area contributed by atoms with E-state index < -0.39 is 5.97 Å². The lowest BCUT2D eigenvalue weighted by Crippen LogP contribution is -2.24. The van der Waals surface area contributed by atoms with Crippen LogP contribution < -0.4 is 4.74 Å². The molecular weight excluding hydrogens is 362 g/mol. The lowest BCUT2D eigenvalue weighted by molar-refractivity contribution is 0.0677. The van der Waals surface area contributed by atoms with Crippen LogP contribution in [0.3, 0.4) is 0 Å². The van der Waals surface area contributed by atoms with E-state index in [2.05, 4.69) is 37.7 Å². The van der Waals surface area contributed by atoms with Crippen LogP contribution in [-0.4, -0.2) is 47.9 Å². The van der Waals surface area contributed by atoms with Crippen molar-refractivity contribution < 1.29 is 19.7 Å². The van der Waals surface area contributed by atoms with Crippen molar-refractivity contribution in [1.29, 1.82) is 0 Å². The molecule has 0 bridgehead atoms. The number of carboxylic acids is 1. The minimum Gasteiger partial charge on any atom is -0.476 e. The predicted molar refractivity (Wildman–Crippen MR) is 98.9 cm³/mol. The molecule has 1 aliphatic carbocycles. The lowest BCUT2D eigenvalue weighted by atomic mass is 9.81. The fraction of sp³-hybridized carbons (Fsp3) is 0.368. The van der Waals surface area contributed by atoms with Gasteiger partial charge in [-0.3, -0.25) is 5.10 Å². The number of ether oxygens (including phenoxy) is 1. The fourth-order valence-electron chi connectivity index (χ4n) is 3.78. The number of hydrogen-bond donors (Lipinski definition) is 4. The van der Waals surface area contributed by atoms with Crippen LogP contribution in [0.5, 0.6) is 5.88 Å². The van der Waals surface area contributed by atoms with Crippen molar-refractivity contribution in [3.63, 3.8) is 0 Å². The molecule has 0 amide bonds. The third-order valence-electron chi connectivity index (χ3n) is 5.24. The van der Waals surface area contributed by atoms with E-state index in [4.69, 9.17) is 9.84 Å². The van der Waals surface area contributed by atoms with E-state index >= 15 is 0 Å². The number of aliphatic hydroxyl groups is 1. The number of aromatic carboxylic acids is 1. The Bertz CT molecular complexity index is 945. The molecule has 3 aromatic rings. The highest BCUT2D eigenvalue weighted by Gasteiger charge is 2.26. The Balaban J connectivity index is 1.42. The molecule has 28 heavy (non-hydrogen) atoms. The molecule has 2 heterocycles. The first kappa shape index (κ1) is 18.2. The molecule has 4 N–H and O–H groups in total. The van der Waals surface area contributed by atoms with E-state index in [1.54, 1.807) is 6.20 Å². The zero-order valence-corrected chi connectivity index (χ0v) is 15.1. The van der Waals surface area contributed by atoms with Crippen LogP contribution in [-0.2, 0) is 6.61 Å². The molecule has 0 aliphatic heterocycles. The number of aromatic amines is 2. The van der Waals surface area contributed by atoms with Crippen LogP contribution in [0.1, 0.15) is 53.2 Å². The van der Waals surface area contributed by atoms with Crippen molar-refractivity contribution in [2.24, 2.45) is 0 Å². The molecule has 4 rings (SSSR count). The summed E-state index contributed by atoms with van der Waals surface area (Å²) in [5.74, 6) is -0.720. The van der Waals surface area contributed by atoms with Gasteiger partial charge in [0, 0.05) is 11.8 Å². The Kier molecular flexibility index (Phi) is 5.07. The summed E-state index contributed by atoms with van der Waals surface area (Å²) in [5.41, 5.74) is 3.78. The Labute approximate surface area is 160 Å². The molecule has 1 aliphatic rings. The predicted octanol–water partition coefficient (Wildman–Crippen LogP) is 2.49. The lowest BCUT2D eigenvalue weighted by Gasteiger charge is -2.29. The van der Waals surface area contributed by atoms with Crippen LogP contribution in [0.25, 0.3) is 11.3 Å². The normalized spacial score (nSPS) is 19.5. The first-order valence-corrected chi connectivity index (χ1v) is 9.20. The summed E-state index contributed by atoms with van der Waals surface area (Å²) in [6.45, 7) is -0.0369. The van der Waals surface area contributed by atoms with Gasteiger partial charge < -0.3 is 14.9 Å². The summed E-state index contributed by atoms with van der Waals surface area (Å²) in [4.78, 5) is 11.1. The highest BCUT2D eigenvalue weighted by molar-refractivity contribution is 5.87. The van der Waals surface area contributed by atoms with Gasteiger partial charge in [-0.05, 0) is 48.8 Å². The van der Waals surface area contributed by atoms with Gasteiger partial charge in [0.1, 0.15) is 6.10 Å². The smallest absolute Gasteiger partial charge is 0.359 e. The van der Waals surface area contributed by atoms with Gasteiger partial charge in [-0.25, -0.2) is 9.89 Å². The number of H-pyrrole nitrogens is 2. The average Bonchev–Trinajstić information content (AvgIpc) is 3.40. The van der Waals surface area contributed by atoms with Crippen molar-refractivity contribution in [1.82, 2.24) is 25.6 Å². The molecule has 9 heteroatoms. The molecule has 2 aromatic heterocycles. The molecule has 0 atom stereocenters. The summed E-state index contributed by atoms with van der Waals surface area (Å²) in [5, 5.41) is 35.4. The van der Waals surface area contributed by atoms with E-state index in [1.165, 1.54) is 5.56 Å². The van der Waals surface area contributed by atoms with E-state index in [0.29, 0.717) is 5.92 Å². The number of benzene rings is 1. The molecule has 0 radical (unpaired) electrons. The third-order valence-corrected chi connectivity index (χ3v) is 5.24. The maximum absolute atomic E-state index is 11.1. The Morgan fingerprint density at radius 1 is 1.18 bits per heavy atom. The molecule has 146 valence electrons. The van der Waals surface area contributed by atoms with Crippen LogP contribution in [0, 0.1) is 0 Å². The molecular formula is C19H21N5O4. The second-order valence-electron chi connectivity index (χ2n) is 6.93. The minimum atomic E-state index is -1.14. The van der Waals surface area contributed by atoms with E-state index in [-0.39, 0.29) is 24.3 Å². The number of nitrogens with zero attached hydrogens (tertiary/aromatic N) is 3. The van der Waals surface area contributed by atoms with Gasteiger partial charge in [-0.15, -0.1) is 0 Å². The second kappa shape index (κ2) is 7.81. The van der Waals surface area contributed by atoms with E-state index in [1.807, 2.05) is 12.1 Å². The number of rotatable bonds is 6. The van der Waals surface area contributed by atoms with Crippen molar-refractivity contribution >= 4 is 5.97 Å². The van der Waals surface area contributed by atoms with Crippen molar-refractivity contribution in [3.05, 3.63) is 47.3 Å². The summed E-state index contributed by atoms with van der Waals surface area (Å²) in [7, 11) is 0. The van der Waals surface area contributed by atoms with Crippen LogP contribution in [0.4, 0.5) is 0 Å². The molecule has 9 nitrogen and oxygen atoms in total. The van der Waals surface area contributed by atoms with Crippen LogP contribution >= 0.6 is 0 Å². The number of nitrogens with one attached hydrogen (secondary N) is 2. The first-order chi connectivity index (χ1) is 13.7. The minimum absolute atomic E-state index is 0.0369. The highest BCUT2D eigenvalue weighted by Crippen LogP contribution is 2.36. The number of hydrogen-bond acceptors (Lipinski definition) is 6. The summed E-state index contributed by atoms with van der Waals surface area (Å²) in [6.07, 6.45) is 5.04. The van der Waals surface area contributed by atoms with Gasteiger partial charge in [0.25, 0.3) is 5.88 Å². The maximum Gasteiger partial charge on any atom is 0.359 e. The quantitative estimate of drug-likeness (QED) is 0.513. The zero-order chi connectivity index (χ0) is 19.5. The number of aliphatic hydroxyl groups excluding tert-OH is 1. The molecule has 0 saturated heterocycles. The molecule has 1 aromatic carbocycles. The maximum atomic E-state index is 11.1. The monoisotopic (exact) mass is 383 g/mol. The van der Waals surface area contributed by atoms with Crippen molar-refractivity contribution in [2.45, 2.75) is 44.3 Å². The summed E-state index contributed by atoms with van der Waals surface area (Å²) >= 11 is 0. The van der Waals surface area contributed by atoms with Gasteiger partial charge in [0.05, 0.1) is 12.3 Å². The number of carboxylic acid groups (broad SMARTS) is 1. The zero-order valence-electron chi connectivity index (χ0n) is 15.1. The number of carbonyl (C=O) groups is 1. The van der Waals surface area contributed by atoms with Gasteiger partial charge in [0.15, 0.2) is 0 Å². The largest absolute Gasteiger partial charge is 0.476 e. The van der Waals surface area contributed by atoms with Crippen molar-refractivity contribution in [3.8, 4) is 17.1 Å². The van der Waals surface area contributed by atoms with E-state index in [9.17, 15) is 9.90 Å². The van der Waals surface area contributed by atoms with Gasteiger partial charge in [-0.2, -0.15) is 5.10 Å². The van der Waals surface area contributed by atoms with Gasteiger partial charge >= 0.3 is 5.97 Å². The average molecular weight is 383 g/mol. The molecule has 1 saturated carbocycles. The Hall–Kier alpha value is -3.20. The fourth-order valence-corrected chi connectivity index (χ4v) is 3.78. The summed E-state index contributed by atoms with van der Waals surface area (Å²) in [6, 6.07) is 8.06. The Morgan fingerprint density at radius 2 is 2.00 bits per heavy atom. The topological polar surface area (TPSA) is 137 Å². The third kappa shape index (κ3) is 3.61. The number of aromatic nitrogens is 5. The van der Waals surface area contributed by atoms with Crippen LogP contribution in [0.2, 0.25) is 0 Å². The van der Waals surface area contributed by atoms with Gasteiger partial charge in [0.2, 0.25) is 5.69 Å². The second-order valence-corrected chi connectivity index (χ2v) is 6.93. The SMILES string of the molecule is O=C(O)c1[nH]nnc1O[C@H]1CC[C@H](c2ccc(-c3ccn[nH]3)c(CO)c2)CC1. The van der Waals surface area contributed by atoms with Gasteiger partial charge in [-0.1, -0.05) is 28.5 Å². The van der Waals surface area contributed by atoms with E-state index in [0.717, 1.165) is 42.5 Å². The summed E-state index contributed by atoms with van der Waals surface area (Å²) < 4.78 is 5.75. The standard InChI is InChI=1S/C19H21N5O4/c25-10-13-9-12(3-6-15(13)16-7-8-20-21-16)11-1-4-14(5-2-11)28-18-17(19(26)27)22-24-23-18/h3,6-9,11,14,25H,1-2,4-5,10H2,(H,20,21)(H,26,27)(H,22,23,24)/t11-,14-.